The molecule has 1 aliphatic carbocycles. The lowest BCUT2D eigenvalue weighted by Gasteiger charge is -2.12. The van der Waals surface area contributed by atoms with Gasteiger partial charge in [-0.1, -0.05) is 22.8 Å². The summed E-state index contributed by atoms with van der Waals surface area (Å²) >= 11 is 6.14. The van der Waals surface area contributed by atoms with Crippen LogP contribution in [0.4, 0.5) is 17.6 Å². The number of aryl methyl sites for hydroxylation is 1. The third-order valence-electron chi connectivity index (χ3n) is 4.44. The highest BCUT2D eigenvalue weighted by Crippen LogP contribution is 2.54. The Kier molecular flexibility index (Phi) is 3.62. The van der Waals surface area contributed by atoms with Crippen molar-refractivity contribution in [2.75, 3.05) is 0 Å². The van der Waals surface area contributed by atoms with Gasteiger partial charge in [-0.25, -0.2) is 4.39 Å². The fourth-order valence-corrected chi connectivity index (χ4v) is 3.32. The van der Waals surface area contributed by atoms with Crippen molar-refractivity contribution in [3.05, 3.63) is 52.2 Å². The Bertz CT molecular complexity index is 991. The lowest BCUT2D eigenvalue weighted by Crippen LogP contribution is -2.11. The van der Waals surface area contributed by atoms with E-state index in [1.54, 1.807) is 6.07 Å². The molecule has 0 amide bonds. The van der Waals surface area contributed by atoms with Crippen LogP contribution in [-0.4, -0.2) is 19.9 Å². The Morgan fingerprint density at radius 3 is 2.54 bits per heavy atom. The van der Waals surface area contributed by atoms with Gasteiger partial charge in [0.05, 0.1) is 5.41 Å². The van der Waals surface area contributed by atoms with E-state index >= 15 is 0 Å². The molecule has 1 aromatic carbocycles. The molecule has 10 heteroatoms. The van der Waals surface area contributed by atoms with Crippen LogP contribution in [0.3, 0.4) is 0 Å². The second kappa shape index (κ2) is 5.54. The molecule has 0 bridgehead atoms. The highest BCUT2D eigenvalue weighted by molar-refractivity contribution is 6.31. The van der Waals surface area contributed by atoms with Gasteiger partial charge >= 0.3 is 6.18 Å². The zero-order valence-electron chi connectivity index (χ0n) is 13.3. The molecule has 1 saturated carbocycles. The molecule has 26 heavy (non-hydrogen) atoms. The van der Waals surface area contributed by atoms with Gasteiger partial charge in [0.15, 0.2) is 11.5 Å². The van der Waals surface area contributed by atoms with Gasteiger partial charge in [0.1, 0.15) is 11.5 Å². The van der Waals surface area contributed by atoms with Crippen LogP contribution in [0.1, 0.15) is 29.9 Å². The Hall–Kier alpha value is -2.42. The van der Waals surface area contributed by atoms with E-state index in [0.29, 0.717) is 28.9 Å². The predicted molar refractivity (Wildman–Crippen MR) is 82.9 cm³/mol. The average Bonchev–Trinajstić information content (AvgIpc) is 3.01. The van der Waals surface area contributed by atoms with Crippen molar-refractivity contribution in [1.82, 2.24) is 19.9 Å². The molecule has 0 saturated heterocycles. The molecule has 2 heterocycles. The molecule has 0 aliphatic heterocycles. The minimum absolute atomic E-state index is 0.0698. The van der Waals surface area contributed by atoms with Crippen molar-refractivity contribution in [2.45, 2.75) is 24.4 Å². The maximum atomic E-state index is 13.3. The van der Waals surface area contributed by atoms with E-state index in [0.717, 1.165) is 6.07 Å². The first-order valence-electron chi connectivity index (χ1n) is 7.62. The Balaban J connectivity index is 1.71. The molecule has 5 nitrogen and oxygen atoms in total. The van der Waals surface area contributed by atoms with E-state index in [1.807, 2.05) is 0 Å². The predicted octanol–water partition coefficient (Wildman–Crippen LogP) is 4.36. The molecule has 1 aliphatic rings. The highest BCUT2D eigenvalue weighted by Gasteiger charge is 2.51. The topological polar surface area (TPSA) is 56.7 Å². The molecule has 4 rings (SSSR count). The first-order valence-corrected chi connectivity index (χ1v) is 8.00. The van der Waals surface area contributed by atoms with E-state index in [1.165, 1.54) is 19.2 Å². The molecule has 1 fully saturated rings. The van der Waals surface area contributed by atoms with Gasteiger partial charge < -0.3 is 4.52 Å². The van der Waals surface area contributed by atoms with Crippen LogP contribution in [0, 0.1) is 5.82 Å². The average molecular weight is 387 g/mol. The minimum atomic E-state index is -4.54. The van der Waals surface area contributed by atoms with E-state index in [-0.39, 0.29) is 16.6 Å². The zero-order valence-corrected chi connectivity index (χ0v) is 14.1. The van der Waals surface area contributed by atoms with Crippen LogP contribution in [0.2, 0.25) is 5.02 Å². The molecule has 0 N–H and O–H groups in total. The van der Waals surface area contributed by atoms with Crippen molar-refractivity contribution < 1.29 is 22.1 Å². The van der Waals surface area contributed by atoms with E-state index in [9.17, 15) is 17.6 Å². The molecule has 0 atom stereocenters. The van der Waals surface area contributed by atoms with Crippen molar-refractivity contribution in [1.29, 1.82) is 0 Å². The maximum absolute atomic E-state index is 13.3. The van der Waals surface area contributed by atoms with Gasteiger partial charge in [-0.15, -0.1) is 0 Å². The summed E-state index contributed by atoms with van der Waals surface area (Å²) in [6.07, 6.45) is -3.19. The van der Waals surface area contributed by atoms with Gasteiger partial charge in [-0.05, 0) is 30.5 Å². The molecule has 2 aromatic heterocycles. The lowest BCUT2D eigenvalue weighted by molar-refractivity contribution is -0.143. The van der Waals surface area contributed by atoms with Gasteiger partial charge in [0.25, 0.3) is 5.89 Å². The van der Waals surface area contributed by atoms with Crippen LogP contribution >= 0.6 is 11.6 Å². The fourth-order valence-electron chi connectivity index (χ4n) is 2.97. The van der Waals surface area contributed by atoms with E-state index < -0.39 is 23.1 Å². The third-order valence-corrected chi connectivity index (χ3v) is 4.75. The van der Waals surface area contributed by atoms with Crippen molar-refractivity contribution in [3.63, 3.8) is 0 Å². The van der Waals surface area contributed by atoms with Crippen LogP contribution in [0.25, 0.3) is 11.6 Å². The number of nitrogens with zero attached hydrogens (tertiary/aromatic N) is 4. The zero-order chi connectivity index (χ0) is 18.7. The first-order chi connectivity index (χ1) is 12.2. The van der Waals surface area contributed by atoms with Crippen molar-refractivity contribution in [3.8, 4) is 11.6 Å². The SMILES string of the molecule is Cn1nc(-c2nc(C3(c4ccc(F)cc4Cl)CC3)no2)cc1C(F)(F)F. The van der Waals surface area contributed by atoms with Gasteiger partial charge in [-0.3, -0.25) is 4.68 Å². The maximum Gasteiger partial charge on any atom is 0.433 e. The summed E-state index contributed by atoms with van der Waals surface area (Å²) in [4.78, 5) is 4.22. The smallest absolute Gasteiger partial charge is 0.332 e. The van der Waals surface area contributed by atoms with Crippen LogP contribution < -0.4 is 0 Å². The monoisotopic (exact) mass is 386 g/mol. The fraction of sp³-hybridized carbons (Fsp3) is 0.312. The van der Waals surface area contributed by atoms with Gasteiger partial charge in [0, 0.05) is 18.1 Å². The third kappa shape index (κ3) is 2.66. The van der Waals surface area contributed by atoms with Gasteiger partial charge in [-0.2, -0.15) is 23.3 Å². The van der Waals surface area contributed by atoms with Crippen LogP contribution in [-0.2, 0) is 18.6 Å². The Morgan fingerprint density at radius 1 is 1.23 bits per heavy atom. The molecule has 3 aromatic rings. The molecular formula is C16H11ClF4N4O. The minimum Gasteiger partial charge on any atom is -0.332 e. The van der Waals surface area contributed by atoms with Gasteiger partial charge in [0.2, 0.25) is 0 Å². The lowest BCUT2D eigenvalue weighted by atomic mass is 9.95. The first kappa shape index (κ1) is 17.0. The summed E-state index contributed by atoms with van der Waals surface area (Å²) in [6.45, 7) is 0. The van der Waals surface area contributed by atoms with Crippen LogP contribution in [0.5, 0.6) is 0 Å². The van der Waals surface area contributed by atoms with E-state index in [2.05, 4.69) is 15.2 Å². The number of halogens is 5. The van der Waals surface area contributed by atoms with Crippen molar-refractivity contribution >= 4 is 11.6 Å². The molecular weight excluding hydrogens is 376 g/mol. The number of hydrogen-bond donors (Lipinski definition) is 0. The second-order valence-corrected chi connectivity index (χ2v) is 6.57. The number of hydrogen-bond acceptors (Lipinski definition) is 4. The largest absolute Gasteiger partial charge is 0.433 e. The summed E-state index contributed by atoms with van der Waals surface area (Å²) in [6, 6.07) is 4.90. The molecule has 136 valence electrons. The summed E-state index contributed by atoms with van der Waals surface area (Å²) in [7, 11) is 1.18. The molecule has 0 unspecified atom stereocenters. The number of rotatable bonds is 3. The summed E-state index contributed by atoms with van der Waals surface area (Å²) < 4.78 is 57.8. The molecule has 0 radical (unpaired) electrons. The second-order valence-electron chi connectivity index (χ2n) is 6.17. The van der Waals surface area contributed by atoms with E-state index in [4.69, 9.17) is 16.1 Å². The van der Waals surface area contributed by atoms with Crippen molar-refractivity contribution in [2.24, 2.45) is 7.05 Å². The van der Waals surface area contributed by atoms with Crippen LogP contribution in [0.15, 0.2) is 28.8 Å². The number of benzene rings is 1. The standard InChI is InChI=1S/C16H11ClF4N4O/c1-25-12(16(19,20)21)7-11(23-25)13-22-14(24-26-13)15(4-5-15)9-3-2-8(18)6-10(9)17/h2-3,6-7H,4-5H2,1H3. The highest BCUT2D eigenvalue weighted by atomic mass is 35.5. The summed E-state index contributed by atoms with van der Waals surface area (Å²) in [5.74, 6) is -0.285. The number of alkyl halides is 3. The molecule has 0 spiro atoms. The Morgan fingerprint density at radius 2 is 1.96 bits per heavy atom. The Labute approximate surface area is 149 Å². The quantitative estimate of drug-likeness (QED) is 0.627. The number of aromatic nitrogens is 4. The summed E-state index contributed by atoms with van der Waals surface area (Å²) in [5, 5.41) is 7.93. The summed E-state index contributed by atoms with van der Waals surface area (Å²) in [5.41, 5.74) is -0.951. The normalized spacial score (nSPS) is 16.1.